The zero-order chi connectivity index (χ0) is 21.5. The first-order valence-electron chi connectivity index (χ1n) is 9.18. The highest BCUT2D eigenvalue weighted by Crippen LogP contribution is 2.21. The van der Waals surface area contributed by atoms with Crippen LogP contribution in [0.2, 0.25) is 0 Å². The SMILES string of the molecule is CCNC(=NCC(C)(O)c1ccco1)NCCS(=O)(=O)Nc1ccc(C)c(F)c1. The first-order valence-corrected chi connectivity index (χ1v) is 10.8. The van der Waals surface area contributed by atoms with Crippen molar-refractivity contribution in [1.29, 1.82) is 0 Å². The molecule has 0 aliphatic heterocycles. The van der Waals surface area contributed by atoms with Crippen LogP contribution in [-0.2, 0) is 15.6 Å². The third-order valence-electron chi connectivity index (χ3n) is 4.05. The van der Waals surface area contributed by atoms with Gasteiger partial charge in [0.15, 0.2) is 5.96 Å². The Morgan fingerprint density at radius 2 is 2.07 bits per heavy atom. The van der Waals surface area contributed by atoms with Gasteiger partial charge in [-0.3, -0.25) is 4.72 Å². The Bertz CT molecular complexity index is 928. The molecule has 29 heavy (non-hydrogen) atoms. The molecule has 2 rings (SSSR count). The number of halogens is 1. The molecule has 0 saturated heterocycles. The van der Waals surface area contributed by atoms with Gasteiger partial charge >= 0.3 is 0 Å². The van der Waals surface area contributed by atoms with Crippen LogP contribution in [0.1, 0.15) is 25.2 Å². The largest absolute Gasteiger partial charge is 0.466 e. The van der Waals surface area contributed by atoms with Gasteiger partial charge in [0.05, 0.1) is 24.2 Å². The summed E-state index contributed by atoms with van der Waals surface area (Å²) in [6, 6.07) is 7.48. The van der Waals surface area contributed by atoms with Gasteiger partial charge in [-0.25, -0.2) is 17.8 Å². The number of nitrogens with one attached hydrogen (secondary N) is 3. The molecule has 0 amide bonds. The number of nitrogens with zero attached hydrogens (tertiary/aromatic N) is 1. The van der Waals surface area contributed by atoms with Crippen molar-refractivity contribution >= 4 is 21.7 Å². The molecule has 1 aromatic heterocycles. The van der Waals surface area contributed by atoms with Gasteiger partial charge in [0.25, 0.3) is 0 Å². The zero-order valence-corrected chi connectivity index (χ0v) is 17.5. The maximum atomic E-state index is 13.6. The minimum atomic E-state index is -3.68. The van der Waals surface area contributed by atoms with Crippen molar-refractivity contribution in [3.05, 3.63) is 53.7 Å². The number of anilines is 1. The molecule has 0 saturated carbocycles. The van der Waals surface area contributed by atoms with E-state index in [1.165, 1.54) is 18.4 Å². The van der Waals surface area contributed by atoms with Gasteiger partial charge in [-0.15, -0.1) is 0 Å². The van der Waals surface area contributed by atoms with Crippen LogP contribution < -0.4 is 15.4 Å². The van der Waals surface area contributed by atoms with Crippen LogP contribution in [-0.4, -0.2) is 44.9 Å². The number of hydrogen-bond acceptors (Lipinski definition) is 5. The lowest BCUT2D eigenvalue weighted by atomic mass is 10.0. The van der Waals surface area contributed by atoms with Gasteiger partial charge < -0.3 is 20.2 Å². The van der Waals surface area contributed by atoms with E-state index >= 15 is 0 Å². The summed E-state index contributed by atoms with van der Waals surface area (Å²) >= 11 is 0. The molecule has 1 unspecified atom stereocenters. The average molecular weight is 427 g/mol. The highest BCUT2D eigenvalue weighted by atomic mass is 32.2. The first kappa shape index (κ1) is 22.7. The van der Waals surface area contributed by atoms with Gasteiger partial charge in [0, 0.05) is 13.1 Å². The summed E-state index contributed by atoms with van der Waals surface area (Å²) < 4.78 is 45.6. The molecule has 1 heterocycles. The van der Waals surface area contributed by atoms with Crippen molar-refractivity contribution in [1.82, 2.24) is 10.6 Å². The van der Waals surface area contributed by atoms with Crippen molar-refractivity contribution in [3.63, 3.8) is 0 Å². The van der Waals surface area contributed by atoms with Crippen LogP contribution in [0.25, 0.3) is 0 Å². The Morgan fingerprint density at radius 1 is 1.31 bits per heavy atom. The number of sulfonamides is 1. The maximum absolute atomic E-state index is 13.6. The lowest BCUT2D eigenvalue weighted by Gasteiger charge is -2.19. The molecule has 160 valence electrons. The van der Waals surface area contributed by atoms with Crippen LogP contribution in [0.15, 0.2) is 46.0 Å². The van der Waals surface area contributed by atoms with Crippen LogP contribution >= 0.6 is 0 Å². The molecule has 1 aromatic carbocycles. The quantitative estimate of drug-likeness (QED) is 0.360. The molecule has 2 aromatic rings. The van der Waals surface area contributed by atoms with Crippen LogP contribution in [0, 0.1) is 12.7 Å². The van der Waals surface area contributed by atoms with Gasteiger partial charge in [0.2, 0.25) is 10.0 Å². The molecule has 0 aliphatic rings. The highest BCUT2D eigenvalue weighted by Gasteiger charge is 2.26. The Labute approximate surface area is 170 Å². The van der Waals surface area contributed by atoms with Crippen molar-refractivity contribution in [2.75, 3.05) is 30.1 Å². The summed E-state index contributed by atoms with van der Waals surface area (Å²) in [6.45, 7) is 5.69. The van der Waals surface area contributed by atoms with E-state index in [0.717, 1.165) is 6.07 Å². The number of aliphatic hydroxyl groups is 1. The van der Waals surface area contributed by atoms with E-state index in [0.29, 0.717) is 23.8 Å². The number of rotatable bonds is 9. The number of aryl methyl sites for hydroxylation is 1. The molecule has 4 N–H and O–H groups in total. The van der Waals surface area contributed by atoms with Crippen molar-refractivity contribution in [2.24, 2.45) is 4.99 Å². The molecule has 0 fully saturated rings. The fourth-order valence-corrected chi connectivity index (χ4v) is 3.39. The van der Waals surface area contributed by atoms with E-state index in [1.807, 2.05) is 6.92 Å². The van der Waals surface area contributed by atoms with Crippen LogP contribution in [0.5, 0.6) is 0 Å². The maximum Gasteiger partial charge on any atom is 0.234 e. The molecule has 0 spiro atoms. The van der Waals surface area contributed by atoms with E-state index < -0.39 is 21.4 Å². The minimum absolute atomic E-state index is 0.0174. The molecule has 0 radical (unpaired) electrons. The summed E-state index contributed by atoms with van der Waals surface area (Å²) in [5.41, 5.74) is -0.690. The standard InChI is InChI=1S/C19H27FN4O4S/c1-4-21-18(23-13-19(3,25)17-6-5-10-28-17)22-9-11-29(26,27)24-15-8-7-14(2)16(20)12-15/h5-8,10,12,24-25H,4,9,11,13H2,1-3H3,(H2,21,22,23). The third kappa shape index (κ3) is 7.06. The van der Waals surface area contributed by atoms with Gasteiger partial charge in [-0.05, 0) is 50.6 Å². The van der Waals surface area contributed by atoms with Gasteiger partial charge in [0.1, 0.15) is 17.2 Å². The monoisotopic (exact) mass is 426 g/mol. The van der Waals surface area contributed by atoms with Crippen LogP contribution in [0.4, 0.5) is 10.1 Å². The topological polar surface area (TPSA) is 116 Å². The Kier molecular flexibility index (Phi) is 7.63. The molecule has 10 heteroatoms. The summed E-state index contributed by atoms with van der Waals surface area (Å²) in [5, 5.41) is 16.3. The van der Waals surface area contributed by atoms with Crippen molar-refractivity contribution in [2.45, 2.75) is 26.4 Å². The van der Waals surface area contributed by atoms with E-state index in [-0.39, 0.29) is 24.5 Å². The Hall–Kier alpha value is -2.59. The van der Waals surface area contributed by atoms with E-state index in [2.05, 4.69) is 20.3 Å². The minimum Gasteiger partial charge on any atom is -0.466 e. The second kappa shape index (κ2) is 9.75. The summed E-state index contributed by atoms with van der Waals surface area (Å²) in [4.78, 5) is 4.29. The second-order valence-electron chi connectivity index (χ2n) is 6.76. The molecular formula is C19H27FN4O4S. The summed E-state index contributed by atoms with van der Waals surface area (Å²) in [5.74, 6) is 0.0141. The number of benzene rings is 1. The number of furan rings is 1. The van der Waals surface area contributed by atoms with Crippen molar-refractivity contribution < 1.29 is 22.3 Å². The normalized spacial score (nSPS) is 14.3. The third-order valence-corrected chi connectivity index (χ3v) is 5.34. The highest BCUT2D eigenvalue weighted by molar-refractivity contribution is 7.92. The number of hydrogen-bond donors (Lipinski definition) is 4. The predicted molar refractivity (Wildman–Crippen MR) is 111 cm³/mol. The fourth-order valence-electron chi connectivity index (χ4n) is 2.43. The Balaban J connectivity index is 1.93. The number of aliphatic imine (C=N–C) groups is 1. The summed E-state index contributed by atoms with van der Waals surface area (Å²) in [7, 11) is -3.68. The van der Waals surface area contributed by atoms with Crippen LogP contribution in [0.3, 0.4) is 0 Å². The number of guanidine groups is 1. The Morgan fingerprint density at radius 3 is 2.69 bits per heavy atom. The van der Waals surface area contributed by atoms with Gasteiger partial charge in [-0.1, -0.05) is 6.07 Å². The zero-order valence-electron chi connectivity index (χ0n) is 16.7. The lowest BCUT2D eigenvalue weighted by molar-refractivity contribution is 0.0437. The van der Waals surface area contributed by atoms with Gasteiger partial charge in [-0.2, -0.15) is 0 Å². The fraction of sp³-hybridized carbons (Fsp3) is 0.421. The second-order valence-corrected chi connectivity index (χ2v) is 8.60. The predicted octanol–water partition coefficient (Wildman–Crippen LogP) is 1.93. The molecule has 8 nitrogen and oxygen atoms in total. The van der Waals surface area contributed by atoms with E-state index in [9.17, 15) is 17.9 Å². The molecule has 0 aliphatic carbocycles. The van der Waals surface area contributed by atoms with Crippen molar-refractivity contribution in [3.8, 4) is 0 Å². The molecule has 1 atom stereocenters. The first-order chi connectivity index (χ1) is 13.6. The van der Waals surface area contributed by atoms with E-state index in [4.69, 9.17) is 4.42 Å². The lowest BCUT2D eigenvalue weighted by Crippen LogP contribution is -2.41. The molecule has 0 bridgehead atoms. The smallest absolute Gasteiger partial charge is 0.234 e. The van der Waals surface area contributed by atoms with E-state index in [1.54, 1.807) is 26.0 Å². The average Bonchev–Trinajstić information content (AvgIpc) is 3.18. The summed E-state index contributed by atoms with van der Waals surface area (Å²) in [6.07, 6.45) is 1.47. The molecular weight excluding hydrogens is 399 g/mol.